The molecule has 1 N–H and O–H groups in total. The van der Waals surface area contributed by atoms with Gasteiger partial charge in [-0.1, -0.05) is 65.0 Å². The molecule has 0 heterocycles. The molecule has 10 atom stereocenters. The SMILES string of the molecule is C=C(C)[C@@H]1CC[C@]2(C(C)=O)CC[C@]3(C)[C@H](CC[C@@H]4[C@@]5(C)[C@@H](O)C=C(c6ccc(OC=O)cc6)C(C)(C)[C@@H]5CC[C@]43C)[C@@H]12. The first-order chi connectivity index (χ1) is 19.7. The highest BCUT2D eigenvalue weighted by Gasteiger charge is 2.72. The summed E-state index contributed by atoms with van der Waals surface area (Å²) in [5.74, 6) is 3.07. The van der Waals surface area contributed by atoms with Crippen molar-refractivity contribution in [1.29, 1.82) is 0 Å². The molecule has 0 radical (unpaired) electrons. The van der Waals surface area contributed by atoms with E-state index < -0.39 is 6.10 Å². The number of fused-ring (bicyclic) bond motifs is 7. The third-order valence-corrected chi connectivity index (χ3v) is 14.8. The van der Waals surface area contributed by atoms with E-state index >= 15 is 0 Å². The highest BCUT2D eigenvalue weighted by Crippen LogP contribution is 2.77. The molecule has 0 spiro atoms. The zero-order valence-corrected chi connectivity index (χ0v) is 27.0. The Labute approximate surface area is 253 Å². The van der Waals surface area contributed by atoms with E-state index in [1.807, 2.05) is 31.2 Å². The first-order valence-corrected chi connectivity index (χ1v) is 16.5. The molecule has 0 unspecified atom stereocenters. The van der Waals surface area contributed by atoms with Gasteiger partial charge in [-0.15, -0.1) is 0 Å². The number of ether oxygens (including phenoxy) is 1. The number of hydrogen-bond acceptors (Lipinski definition) is 4. The van der Waals surface area contributed by atoms with Crippen LogP contribution in [0, 0.1) is 56.7 Å². The molecule has 0 saturated heterocycles. The lowest BCUT2D eigenvalue weighted by atomic mass is 9.32. The number of allylic oxidation sites excluding steroid dienone is 2. The number of carbonyl (C=O) groups is 2. The maximum Gasteiger partial charge on any atom is 0.298 e. The molecule has 42 heavy (non-hydrogen) atoms. The van der Waals surface area contributed by atoms with Gasteiger partial charge in [-0.25, -0.2) is 0 Å². The summed E-state index contributed by atoms with van der Waals surface area (Å²) >= 11 is 0. The standard InChI is InChI=1S/C38H52O4/c1-23(2)27-15-18-38(24(3)40)20-19-35(6)28(33(27)38)13-14-31-36(35,7)17-16-30-34(4,5)29(21-32(41)37(30,31)8)25-9-11-26(12-10-25)42-22-39/h9-12,21-22,27-28,30-33,41H,1,13-20H2,2-8H3/t27-,28+,30-,31-,32-,33+,35+,36+,37-,38+/m0/s1. The monoisotopic (exact) mass is 572 g/mol. The van der Waals surface area contributed by atoms with Crippen LogP contribution in [-0.2, 0) is 9.59 Å². The Kier molecular flexibility index (Phi) is 6.86. The predicted octanol–water partition coefficient (Wildman–Crippen LogP) is 8.43. The van der Waals surface area contributed by atoms with Gasteiger partial charge in [0, 0.05) is 10.8 Å². The van der Waals surface area contributed by atoms with E-state index in [2.05, 4.69) is 54.2 Å². The summed E-state index contributed by atoms with van der Waals surface area (Å²) in [7, 11) is 0. The minimum Gasteiger partial charge on any atom is -0.429 e. The van der Waals surface area contributed by atoms with Gasteiger partial charge in [0.25, 0.3) is 6.47 Å². The van der Waals surface area contributed by atoms with E-state index in [4.69, 9.17) is 4.74 Å². The first-order valence-electron chi connectivity index (χ1n) is 16.5. The molecule has 4 saturated carbocycles. The van der Waals surface area contributed by atoms with Crippen LogP contribution < -0.4 is 4.74 Å². The minimum atomic E-state index is -0.532. The van der Waals surface area contributed by atoms with Crippen molar-refractivity contribution in [2.45, 2.75) is 106 Å². The first kappa shape index (κ1) is 29.9. The van der Waals surface area contributed by atoms with Crippen LogP contribution in [-0.4, -0.2) is 23.5 Å². The number of Topliss-reactive ketones (excluding diaryl/α,β-unsaturated/α-hetero) is 1. The van der Waals surface area contributed by atoms with Gasteiger partial charge < -0.3 is 9.84 Å². The fourth-order valence-electron chi connectivity index (χ4n) is 12.6. The van der Waals surface area contributed by atoms with Gasteiger partial charge in [0.15, 0.2) is 0 Å². The lowest BCUT2D eigenvalue weighted by molar-refractivity contribution is -0.240. The van der Waals surface area contributed by atoms with Crippen molar-refractivity contribution in [3.8, 4) is 5.75 Å². The van der Waals surface area contributed by atoms with Crippen LogP contribution in [0.4, 0.5) is 0 Å². The van der Waals surface area contributed by atoms with Crippen LogP contribution in [0.3, 0.4) is 0 Å². The third-order valence-electron chi connectivity index (χ3n) is 14.8. The average Bonchev–Trinajstić information content (AvgIpc) is 3.34. The Morgan fingerprint density at radius 3 is 2.21 bits per heavy atom. The summed E-state index contributed by atoms with van der Waals surface area (Å²) in [5.41, 5.74) is 3.26. The number of ketones is 1. The largest absolute Gasteiger partial charge is 0.429 e. The predicted molar refractivity (Wildman–Crippen MR) is 168 cm³/mol. The fourth-order valence-corrected chi connectivity index (χ4v) is 12.6. The smallest absolute Gasteiger partial charge is 0.298 e. The summed E-state index contributed by atoms with van der Waals surface area (Å²) in [5, 5.41) is 12.2. The molecular weight excluding hydrogens is 520 g/mol. The van der Waals surface area contributed by atoms with Crippen LogP contribution in [0.5, 0.6) is 5.75 Å². The molecule has 0 aromatic heterocycles. The van der Waals surface area contributed by atoms with Crippen molar-refractivity contribution >= 4 is 17.8 Å². The number of rotatable bonds is 5. The summed E-state index contributed by atoms with van der Waals surface area (Å²) in [6.07, 6.45) is 10.4. The quantitative estimate of drug-likeness (QED) is 0.284. The Morgan fingerprint density at radius 2 is 1.60 bits per heavy atom. The van der Waals surface area contributed by atoms with Gasteiger partial charge >= 0.3 is 0 Å². The Morgan fingerprint density at radius 1 is 0.905 bits per heavy atom. The maximum atomic E-state index is 13.4. The summed E-state index contributed by atoms with van der Waals surface area (Å²) in [6.45, 7) is 21.3. The van der Waals surface area contributed by atoms with E-state index in [1.54, 1.807) is 0 Å². The lowest BCUT2D eigenvalue weighted by Crippen LogP contribution is -2.68. The lowest BCUT2D eigenvalue weighted by Gasteiger charge is -2.72. The zero-order chi connectivity index (χ0) is 30.5. The molecule has 1 aromatic rings. The fraction of sp³-hybridized carbons (Fsp3) is 0.684. The van der Waals surface area contributed by atoms with Gasteiger partial charge in [0.2, 0.25) is 0 Å². The molecular formula is C38H52O4. The molecule has 0 bridgehead atoms. The normalized spacial score (nSPS) is 45.4. The topological polar surface area (TPSA) is 63.6 Å². The Balaban J connectivity index is 1.39. The van der Waals surface area contributed by atoms with Crippen molar-refractivity contribution in [2.24, 2.45) is 56.7 Å². The number of carbonyl (C=O) groups excluding carboxylic acids is 2. The van der Waals surface area contributed by atoms with E-state index in [9.17, 15) is 14.7 Å². The van der Waals surface area contributed by atoms with E-state index in [0.717, 1.165) is 56.9 Å². The van der Waals surface area contributed by atoms with Crippen LogP contribution in [0.15, 0.2) is 42.5 Å². The molecule has 1 aromatic carbocycles. The van der Waals surface area contributed by atoms with Crippen molar-refractivity contribution in [3.05, 3.63) is 48.1 Å². The highest BCUT2D eigenvalue weighted by atomic mass is 16.5. The van der Waals surface area contributed by atoms with Crippen LogP contribution in [0.25, 0.3) is 5.57 Å². The second-order valence-electron chi connectivity index (χ2n) is 16.2. The number of aliphatic hydroxyl groups excluding tert-OH is 1. The summed E-state index contributed by atoms with van der Waals surface area (Å²) in [4.78, 5) is 24.2. The van der Waals surface area contributed by atoms with Gasteiger partial charge in [-0.2, -0.15) is 0 Å². The average molecular weight is 573 g/mol. The summed E-state index contributed by atoms with van der Waals surface area (Å²) in [6, 6.07) is 7.71. The van der Waals surface area contributed by atoms with Gasteiger partial charge in [0.1, 0.15) is 11.5 Å². The number of benzene rings is 1. The van der Waals surface area contributed by atoms with Crippen molar-refractivity contribution in [2.75, 3.05) is 0 Å². The highest BCUT2D eigenvalue weighted by molar-refractivity contribution is 5.83. The van der Waals surface area contributed by atoms with E-state index in [-0.39, 0.29) is 27.1 Å². The van der Waals surface area contributed by atoms with Crippen LogP contribution in [0.2, 0.25) is 0 Å². The second-order valence-corrected chi connectivity index (χ2v) is 16.2. The van der Waals surface area contributed by atoms with Crippen LogP contribution in [0.1, 0.15) is 105 Å². The second kappa shape index (κ2) is 9.65. The van der Waals surface area contributed by atoms with E-state index in [0.29, 0.717) is 47.6 Å². The Bertz CT molecular complexity index is 1320. The third kappa shape index (κ3) is 3.69. The molecule has 4 heteroatoms. The molecule has 4 nitrogen and oxygen atoms in total. The summed E-state index contributed by atoms with van der Waals surface area (Å²) < 4.78 is 5.04. The maximum absolute atomic E-state index is 13.4. The van der Waals surface area contributed by atoms with Gasteiger partial charge in [0.05, 0.1) is 6.10 Å². The molecule has 5 aliphatic carbocycles. The molecule has 228 valence electrons. The van der Waals surface area contributed by atoms with E-state index in [1.165, 1.54) is 11.1 Å². The molecule has 0 aliphatic heterocycles. The minimum absolute atomic E-state index is 0.0998. The molecule has 6 rings (SSSR count). The number of hydrogen-bond donors (Lipinski definition) is 1. The van der Waals surface area contributed by atoms with Crippen molar-refractivity contribution < 1.29 is 19.4 Å². The molecule has 4 fully saturated rings. The Hall–Kier alpha value is -2.20. The van der Waals surface area contributed by atoms with Crippen LogP contribution >= 0.6 is 0 Å². The molecule has 0 amide bonds. The van der Waals surface area contributed by atoms with Crippen molar-refractivity contribution in [3.63, 3.8) is 0 Å². The van der Waals surface area contributed by atoms with Gasteiger partial charge in [-0.05, 0) is 134 Å². The van der Waals surface area contributed by atoms with Gasteiger partial charge in [-0.3, -0.25) is 9.59 Å². The van der Waals surface area contributed by atoms with Crippen molar-refractivity contribution in [1.82, 2.24) is 0 Å². The number of aliphatic hydroxyl groups is 1. The zero-order valence-electron chi connectivity index (χ0n) is 27.0. The molecule has 5 aliphatic rings.